The number of nitrogens with zero attached hydrogens (tertiary/aromatic N) is 3. The fourth-order valence-electron chi connectivity index (χ4n) is 2.52. The van der Waals surface area contributed by atoms with Gasteiger partial charge in [0, 0.05) is 36.9 Å². The number of carbonyl (C=O) groups excluding carboxylic acids is 1. The van der Waals surface area contributed by atoms with E-state index in [0.717, 1.165) is 16.6 Å². The highest BCUT2D eigenvalue weighted by atomic mass is 16.5. The lowest BCUT2D eigenvalue weighted by Gasteiger charge is -2.17. The summed E-state index contributed by atoms with van der Waals surface area (Å²) in [5.74, 6) is 0.484. The van der Waals surface area contributed by atoms with E-state index >= 15 is 0 Å². The molecule has 0 spiro atoms. The summed E-state index contributed by atoms with van der Waals surface area (Å²) in [6.45, 7) is 2.41. The maximum Gasteiger partial charge on any atom is 0.256 e. The van der Waals surface area contributed by atoms with Crippen molar-refractivity contribution in [3.05, 3.63) is 53.3 Å². The lowest BCUT2D eigenvalue weighted by atomic mass is 10.1. The van der Waals surface area contributed by atoms with Crippen molar-refractivity contribution in [2.45, 2.75) is 13.5 Å². The number of para-hydroxylation sites is 1. The van der Waals surface area contributed by atoms with Crippen LogP contribution in [-0.2, 0) is 6.54 Å². The molecule has 0 unspecified atom stereocenters. The van der Waals surface area contributed by atoms with Gasteiger partial charge in [-0.1, -0.05) is 18.2 Å². The zero-order valence-corrected chi connectivity index (χ0v) is 13.3. The smallest absolute Gasteiger partial charge is 0.256 e. The van der Waals surface area contributed by atoms with Crippen LogP contribution in [0.2, 0.25) is 0 Å². The summed E-state index contributed by atoms with van der Waals surface area (Å²) in [5, 5.41) is 8.15. The monoisotopic (exact) mass is 310 g/mol. The Kier molecular flexibility index (Phi) is 3.97. The first-order valence-corrected chi connectivity index (χ1v) is 7.28. The predicted octanol–water partition coefficient (Wildman–Crippen LogP) is 2.55. The Morgan fingerprint density at radius 3 is 2.83 bits per heavy atom. The molecule has 0 radical (unpaired) electrons. The van der Waals surface area contributed by atoms with Gasteiger partial charge in [-0.25, -0.2) is 4.98 Å². The quantitative estimate of drug-likeness (QED) is 0.804. The third-order valence-corrected chi connectivity index (χ3v) is 3.78. The van der Waals surface area contributed by atoms with Crippen molar-refractivity contribution in [2.24, 2.45) is 0 Å². The summed E-state index contributed by atoms with van der Waals surface area (Å²) in [6.07, 6.45) is 1.71. The Morgan fingerprint density at radius 2 is 2.13 bits per heavy atom. The molecule has 3 aromatic rings. The molecule has 0 aliphatic heterocycles. The summed E-state index contributed by atoms with van der Waals surface area (Å²) in [5.41, 5.74) is 3.19. The number of pyridine rings is 1. The van der Waals surface area contributed by atoms with Gasteiger partial charge < -0.3 is 9.64 Å². The van der Waals surface area contributed by atoms with E-state index in [9.17, 15) is 4.79 Å². The minimum absolute atomic E-state index is 0.0714. The van der Waals surface area contributed by atoms with Crippen LogP contribution in [0.15, 0.2) is 36.5 Å². The fourth-order valence-corrected chi connectivity index (χ4v) is 2.52. The summed E-state index contributed by atoms with van der Waals surface area (Å²) in [7, 11) is 3.34. The molecule has 0 atom stereocenters. The molecule has 6 nitrogen and oxygen atoms in total. The van der Waals surface area contributed by atoms with Crippen molar-refractivity contribution < 1.29 is 9.53 Å². The first kappa shape index (κ1) is 15.0. The van der Waals surface area contributed by atoms with Crippen LogP contribution in [0.5, 0.6) is 5.88 Å². The van der Waals surface area contributed by atoms with Crippen LogP contribution in [0.3, 0.4) is 0 Å². The van der Waals surface area contributed by atoms with Gasteiger partial charge in [-0.2, -0.15) is 5.10 Å². The topological polar surface area (TPSA) is 71.1 Å². The average Bonchev–Trinajstić information content (AvgIpc) is 2.96. The lowest BCUT2D eigenvalue weighted by Crippen LogP contribution is -2.26. The molecule has 6 heteroatoms. The summed E-state index contributed by atoms with van der Waals surface area (Å²) >= 11 is 0. The minimum Gasteiger partial charge on any atom is -0.481 e. The zero-order valence-electron chi connectivity index (χ0n) is 13.3. The molecule has 118 valence electrons. The normalized spacial score (nSPS) is 10.7. The Labute approximate surface area is 134 Å². The van der Waals surface area contributed by atoms with Gasteiger partial charge in [0.2, 0.25) is 5.88 Å². The molecule has 3 rings (SSSR count). The number of hydrogen-bond acceptors (Lipinski definition) is 4. The number of hydrogen-bond donors (Lipinski definition) is 1. The molecule has 0 aliphatic rings. The molecule has 2 heterocycles. The van der Waals surface area contributed by atoms with Crippen molar-refractivity contribution in [3.63, 3.8) is 0 Å². The zero-order chi connectivity index (χ0) is 16.4. The van der Waals surface area contributed by atoms with Crippen molar-refractivity contribution in [1.29, 1.82) is 0 Å². The van der Waals surface area contributed by atoms with Crippen molar-refractivity contribution in [1.82, 2.24) is 20.1 Å². The van der Waals surface area contributed by atoms with Gasteiger partial charge in [0.15, 0.2) is 0 Å². The third kappa shape index (κ3) is 2.88. The number of aryl methyl sites for hydroxylation is 1. The summed E-state index contributed by atoms with van der Waals surface area (Å²) in [4.78, 5) is 18.5. The Morgan fingerprint density at radius 1 is 1.30 bits per heavy atom. The molecular formula is C17H18N4O2. The first-order chi connectivity index (χ1) is 11.1. The van der Waals surface area contributed by atoms with Crippen LogP contribution in [0.4, 0.5) is 0 Å². The van der Waals surface area contributed by atoms with Gasteiger partial charge in [-0.05, 0) is 18.6 Å². The number of fused-ring (bicyclic) bond motifs is 1. The third-order valence-electron chi connectivity index (χ3n) is 3.78. The van der Waals surface area contributed by atoms with Crippen molar-refractivity contribution in [3.8, 4) is 5.88 Å². The number of carbonyl (C=O) groups is 1. The van der Waals surface area contributed by atoms with Crippen LogP contribution in [-0.4, -0.2) is 40.1 Å². The second-order valence-corrected chi connectivity index (χ2v) is 5.42. The van der Waals surface area contributed by atoms with Gasteiger partial charge in [0.05, 0.1) is 12.7 Å². The molecule has 0 saturated heterocycles. The van der Waals surface area contributed by atoms with E-state index < -0.39 is 0 Å². The van der Waals surface area contributed by atoms with E-state index in [-0.39, 0.29) is 5.91 Å². The second kappa shape index (κ2) is 6.08. The molecule has 23 heavy (non-hydrogen) atoms. The van der Waals surface area contributed by atoms with E-state index in [1.54, 1.807) is 37.4 Å². The number of nitrogens with one attached hydrogen (secondary N) is 1. The van der Waals surface area contributed by atoms with E-state index in [1.165, 1.54) is 0 Å². The number of aromatic amines is 1. The number of benzene rings is 1. The Balaban J connectivity index is 1.83. The van der Waals surface area contributed by atoms with Gasteiger partial charge >= 0.3 is 0 Å². The summed E-state index contributed by atoms with van der Waals surface area (Å²) in [6, 6.07) is 9.31. The molecule has 0 fully saturated rings. The number of H-pyrrole nitrogens is 1. The number of methoxy groups -OCH3 is 1. The molecule has 1 N–H and O–H groups in total. The number of amides is 1. The highest BCUT2D eigenvalue weighted by molar-refractivity contribution is 6.05. The highest BCUT2D eigenvalue weighted by Gasteiger charge is 2.17. The number of rotatable bonds is 4. The largest absolute Gasteiger partial charge is 0.481 e. The van der Waals surface area contributed by atoms with E-state index in [2.05, 4.69) is 15.2 Å². The van der Waals surface area contributed by atoms with Gasteiger partial charge in [-0.3, -0.25) is 9.89 Å². The lowest BCUT2D eigenvalue weighted by molar-refractivity contribution is 0.0786. The highest BCUT2D eigenvalue weighted by Crippen LogP contribution is 2.21. The molecular weight excluding hydrogens is 292 g/mol. The van der Waals surface area contributed by atoms with Gasteiger partial charge in [0.1, 0.15) is 5.52 Å². The van der Waals surface area contributed by atoms with Gasteiger partial charge in [-0.15, -0.1) is 0 Å². The molecule has 2 aromatic heterocycles. The standard InChI is InChI=1S/C17H18N4O2/c1-11-13-5-4-6-14(16(13)20-19-11)17(22)21(2)10-12-7-8-15(23-3)18-9-12/h4-9H,10H2,1-3H3,(H,19,20). The van der Waals surface area contributed by atoms with E-state index in [4.69, 9.17) is 4.74 Å². The minimum atomic E-state index is -0.0714. The predicted molar refractivity (Wildman–Crippen MR) is 87.4 cm³/mol. The Bertz CT molecular complexity index is 839. The second-order valence-electron chi connectivity index (χ2n) is 5.42. The average molecular weight is 310 g/mol. The maximum atomic E-state index is 12.7. The van der Waals surface area contributed by atoms with Crippen molar-refractivity contribution in [2.75, 3.05) is 14.2 Å². The van der Waals surface area contributed by atoms with E-state index in [0.29, 0.717) is 23.5 Å². The van der Waals surface area contributed by atoms with Crippen LogP contribution in [0.25, 0.3) is 10.9 Å². The van der Waals surface area contributed by atoms with Crippen molar-refractivity contribution >= 4 is 16.8 Å². The molecule has 1 aromatic carbocycles. The van der Waals surface area contributed by atoms with Crippen LogP contribution >= 0.6 is 0 Å². The number of aromatic nitrogens is 3. The maximum absolute atomic E-state index is 12.7. The number of ether oxygens (including phenoxy) is 1. The van der Waals surface area contributed by atoms with Crippen LogP contribution < -0.4 is 4.74 Å². The van der Waals surface area contributed by atoms with Crippen LogP contribution in [0.1, 0.15) is 21.6 Å². The molecule has 1 amide bonds. The SMILES string of the molecule is COc1ccc(CN(C)C(=O)c2cccc3c(C)[nH]nc23)cn1. The van der Waals surface area contributed by atoms with E-state index in [1.807, 2.05) is 25.1 Å². The fraction of sp³-hybridized carbons (Fsp3) is 0.235. The van der Waals surface area contributed by atoms with Crippen LogP contribution in [0, 0.1) is 6.92 Å². The Hall–Kier alpha value is -2.89. The molecule has 0 aliphatic carbocycles. The summed E-state index contributed by atoms with van der Waals surface area (Å²) < 4.78 is 5.04. The molecule has 0 bridgehead atoms. The first-order valence-electron chi connectivity index (χ1n) is 7.28. The van der Waals surface area contributed by atoms with Gasteiger partial charge in [0.25, 0.3) is 5.91 Å². The molecule has 0 saturated carbocycles.